The SMILES string of the molecule is CC(=NC(C)C)[C@@]1(Cl)CCOC1=O. The lowest BCUT2D eigenvalue weighted by Gasteiger charge is -2.16. The molecule has 4 heteroatoms. The average Bonchev–Trinajstić information content (AvgIpc) is 2.32. The number of nitrogens with zero attached hydrogens (tertiary/aromatic N) is 1. The van der Waals surface area contributed by atoms with E-state index < -0.39 is 4.87 Å². The van der Waals surface area contributed by atoms with Crippen molar-refractivity contribution < 1.29 is 9.53 Å². The fourth-order valence-corrected chi connectivity index (χ4v) is 1.50. The van der Waals surface area contributed by atoms with Crippen LogP contribution in [0.4, 0.5) is 0 Å². The van der Waals surface area contributed by atoms with E-state index in [4.69, 9.17) is 16.3 Å². The Kier molecular flexibility index (Phi) is 2.96. The molecule has 1 fully saturated rings. The normalized spacial score (nSPS) is 29.6. The van der Waals surface area contributed by atoms with E-state index in [1.807, 2.05) is 13.8 Å². The van der Waals surface area contributed by atoms with Crippen LogP contribution < -0.4 is 0 Å². The van der Waals surface area contributed by atoms with Crippen LogP contribution in [0.3, 0.4) is 0 Å². The van der Waals surface area contributed by atoms with Gasteiger partial charge in [-0.05, 0) is 20.8 Å². The molecule has 13 heavy (non-hydrogen) atoms. The maximum atomic E-state index is 11.3. The average molecular weight is 204 g/mol. The summed E-state index contributed by atoms with van der Waals surface area (Å²) in [7, 11) is 0. The lowest BCUT2D eigenvalue weighted by molar-refractivity contribution is -0.138. The van der Waals surface area contributed by atoms with Crippen molar-refractivity contribution in [2.45, 2.75) is 38.1 Å². The van der Waals surface area contributed by atoms with Crippen LogP contribution in [0, 0.1) is 0 Å². The molecule has 1 aliphatic rings. The summed E-state index contributed by atoms with van der Waals surface area (Å²) in [6.07, 6.45) is 0.523. The summed E-state index contributed by atoms with van der Waals surface area (Å²) < 4.78 is 4.82. The number of rotatable bonds is 2. The first-order valence-corrected chi connectivity index (χ1v) is 4.75. The molecule has 0 amide bonds. The molecule has 1 saturated heterocycles. The van der Waals surface area contributed by atoms with Crippen molar-refractivity contribution >= 4 is 23.3 Å². The second kappa shape index (κ2) is 3.66. The maximum Gasteiger partial charge on any atom is 0.333 e. The highest BCUT2D eigenvalue weighted by Gasteiger charge is 2.45. The molecule has 0 N–H and O–H groups in total. The summed E-state index contributed by atoms with van der Waals surface area (Å²) in [5.74, 6) is -0.365. The molecule has 0 unspecified atom stereocenters. The monoisotopic (exact) mass is 203 g/mol. The van der Waals surface area contributed by atoms with Crippen LogP contribution in [0.25, 0.3) is 0 Å². The van der Waals surface area contributed by atoms with Crippen LogP contribution in [0.2, 0.25) is 0 Å². The minimum atomic E-state index is -0.996. The van der Waals surface area contributed by atoms with E-state index in [-0.39, 0.29) is 12.0 Å². The minimum Gasteiger partial charge on any atom is -0.464 e. The van der Waals surface area contributed by atoms with Gasteiger partial charge in [0, 0.05) is 18.2 Å². The van der Waals surface area contributed by atoms with Gasteiger partial charge in [-0.3, -0.25) is 4.99 Å². The largest absolute Gasteiger partial charge is 0.464 e. The van der Waals surface area contributed by atoms with Crippen molar-refractivity contribution in [2.75, 3.05) is 6.61 Å². The molecule has 0 spiro atoms. The van der Waals surface area contributed by atoms with E-state index >= 15 is 0 Å². The zero-order valence-electron chi connectivity index (χ0n) is 8.13. The Balaban J connectivity index is 2.86. The first kappa shape index (κ1) is 10.5. The number of hydrogen-bond donors (Lipinski definition) is 0. The van der Waals surface area contributed by atoms with Crippen molar-refractivity contribution in [3.05, 3.63) is 0 Å². The van der Waals surface area contributed by atoms with Crippen molar-refractivity contribution in [3.8, 4) is 0 Å². The predicted molar refractivity (Wildman–Crippen MR) is 52.4 cm³/mol. The second-order valence-corrected chi connectivity index (χ2v) is 4.14. The molecule has 1 atom stereocenters. The van der Waals surface area contributed by atoms with Gasteiger partial charge in [0.25, 0.3) is 0 Å². The molecule has 0 aromatic heterocycles. The van der Waals surface area contributed by atoms with Crippen molar-refractivity contribution in [3.63, 3.8) is 0 Å². The molecule has 1 rings (SSSR count). The fraction of sp³-hybridized carbons (Fsp3) is 0.778. The Morgan fingerprint density at radius 1 is 1.69 bits per heavy atom. The van der Waals surface area contributed by atoms with Gasteiger partial charge in [-0.25, -0.2) is 4.79 Å². The van der Waals surface area contributed by atoms with E-state index in [1.54, 1.807) is 6.92 Å². The standard InChI is InChI=1S/C9H14ClNO2/c1-6(2)11-7(3)9(10)4-5-13-8(9)12/h6H,4-5H2,1-3H3/t9-/m0/s1. The third-order valence-corrected chi connectivity index (χ3v) is 2.65. The summed E-state index contributed by atoms with van der Waals surface area (Å²) in [5.41, 5.74) is 0.659. The highest BCUT2D eigenvalue weighted by Crippen LogP contribution is 2.29. The molecule has 0 radical (unpaired) electrons. The predicted octanol–water partition coefficient (Wildman–Crippen LogP) is 1.78. The van der Waals surface area contributed by atoms with Gasteiger partial charge in [-0.15, -0.1) is 0 Å². The van der Waals surface area contributed by atoms with Gasteiger partial charge < -0.3 is 4.74 Å². The topological polar surface area (TPSA) is 38.7 Å². The van der Waals surface area contributed by atoms with Gasteiger partial charge in [0.15, 0.2) is 4.87 Å². The Morgan fingerprint density at radius 3 is 2.69 bits per heavy atom. The smallest absolute Gasteiger partial charge is 0.333 e. The zero-order chi connectivity index (χ0) is 10.1. The van der Waals surface area contributed by atoms with Gasteiger partial charge in [0.05, 0.1) is 6.61 Å². The first-order chi connectivity index (χ1) is 5.97. The molecular formula is C9H14ClNO2. The summed E-state index contributed by atoms with van der Waals surface area (Å²) in [4.78, 5) is 14.6. The molecule has 3 nitrogen and oxygen atoms in total. The number of ether oxygens (including phenoxy) is 1. The van der Waals surface area contributed by atoms with Gasteiger partial charge in [0.2, 0.25) is 0 Å². The molecule has 74 valence electrons. The zero-order valence-corrected chi connectivity index (χ0v) is 8.89. The number of cyclic esters (lactones) is 1. The van der Waals surface area contributed by atoms with Crippen molar-refractivity contribution in [1.29, 1.82) is 0 Å². The lowest BCUT2D eigenvalue weighted by Crippen LogP contribution is -2.36. The Bertz CT molecular complexity index is 250. The van der Waals surface area contributed by atoms with E-state index in [0.29, 0.717) is 18.7 Å². The Labute approximate surface area is 83.1 Å². The van der Waals surface area contributed by atoms with E-state index in [2.05, 4.69) is 4.99 Å². The van der Waals surface area contributed by atoms with E-state index in [1.165, 1.54) is 0 Å². The first-order valence-electron chi connectivity index (χ1n) is 4.38. The van der Waals surface area contributed by atoms with Crippen LogP contribution in [0.15, 0.2) is 4.99 Å². The number of carbonyl (C=O) groups is 1. The van der Waals surface area contributed by atoms with Crippen molar-refractivity contribution in [1.82, 2.24) is 0 Å². The maximum absolute atomic E-state index is 11.3. The third kappa shape index (κ3) is 2.02. The second-order valence-electron chi connectivity index (χ2n) is 3.50. The molecule has 0 aromatic carbocycles. The highest BCUT2D eigenvalue weighted by molar-refractivity contribution is 6.46. The summed E-state index contributed by atoms with van der Waals surface area (Å²) in [6, 6.07) is 0.157. The molecule has 0 saturated carbocycles. The summed E-state index contributed by atoms with van der Waals surface area (Å²) >= 11 is 6.11. The number of aliphatic imine (C=N–C) groups is 1. The van der Waals surface area contributed by atoms with Crippen LogP contribution >= 0.6 is 11.6 Å². The van der Waals surface area contributed by atoms with Crippen LogP contribution in [0.1, 0.15) is 27.2 Å². The van der Waals surface area contributed by atoms with Gasteiger partial charge in [-0.2, -0.15) is 0 Å². The molecule has 0 aliphatic carbocycles. The lowest BCUT2D eigenvalue weighted by atomic mass is 10.0. The van der Waals surface area contributed by atoms with E-state index in [9.17, 15) is 4.79 Å². The van der Waals surface area contributed by atoms with Crippen LogP contribution in [0.5, 0.6) is 0 Å². The molecular weight excluding hydrogens is 190 g/mol. The van der Waals surface area contributed by atoms with Crippen molar-refractivity contribution in [2.24, 2.45) is 4.99 Å². The summed E-state index contributed by atoms with van der Waals surface area (Å²) in [6.45, 7) is 6.07. The molecule has 1 heterocycles. The number of esters is 1. The Morgan fingerprint density at radius 2 is 2.31 bits per heavy atom. The van der Waals surface area contributed by atoms with Crippen LogP contribution in [-0.4, -0.2) is 29.2 Å². The summed E-state index contributed by atoms with van der Waals surface area (Å²) in [5, 5.41) is 0. The quantitative estimate of drug-likeness (QED) is 0.390. The molecule has 1 aliphatic heterocycles. The van der Waals surface area contributed by atoms with Gasteiger partial charge in [-0.1, -0.05) is 11.6 Å². The number of hydrogen-bond acceptors (Lipinski definition) is 3. The minimum absolute atomic E-state index is 0.157. The highest BCUT2D eigenvalue weighted by atomic mass is 35.5. The van der Waals surface area contributed by atoms with Gasteiger partial charge >= 0.3 is 5.97 Å². The number of alkyl halides is 1. The molecule has 0 aromatic rings. The number of halogens is 1. The van der Waals surface area contributed by atoms with E-state index in [0.717, 1.165) is 0 Å². The van der Waals surface area contributed by atoms with Gasteiger partial charge in [0.1, 0.15) is 0 Å². The molecule has 0 bridgehead atoms. The fourth-order valence-electron chi connectivity index (χ4n) is 1.32. The number of carbonyl (C=O) groups excluding carboxylic acids is 1. The van der Waals surface area contributed by atoms with Crippen LogP contribution in [-0.2, 0) is 9.53 Å². The third-order valence-electron chi connectivity index (χ3n) is 2.03. The Hall–Kier alpha value is -0.570.